The predicted octanol–water partition coefficient (Wildman–Crippen LogP) is 3.75. The number of H-pyrrole nitrogens is 1. The molecule has 5 rings (SSSR count). The number of aromatic nitrogens is 3. The van der Waals surface area contributed by atoms with Crippen molar-refractivity contribution in [1.29, 1.82) is 0 Å². The second-order valence-electron chi connectivity index (χ2n) is 6.87. The molecule has 0 saturated heterocycles. The van der Waals surface area contributed by atoms with E-state index in [0.29, 0.717) is 18.9 Å². The van der Waals surface area contributed by atoms with Crippen molar-refractivity contribution in [2.24, 2.45) is 0 Å². The van der Waals surface area contributed by atoms with E-state index in [1.807, 2.05) is 42.5 Å². The van der Waals surface area contributed by atoms with Crippen molar-refractivity contribution in [3.8, 4) is 11.3 Å². The maximum atomic E-state index is 12.5. The summed E-state index contributed by atoms with van der Waals surface area (Å²) >= 11 is 0. The van der Waals surface area contributed by atoms with Crippen LogP contribution in [-0.2, 0) is 13.1 Å². The van der Waals surface area contributed by atoms with Crippen molar-refractivity contribution in [3.05, 3.63) is 71.9 Å². The van der Waals surface area contributed by atoms with E-state index in [4.69, 9.17) is 5.73 Å². The second-order valence-corrected chi connectivity index (χ2v) is 6.87. The summed E-state index contributed by atoms with van der Waals surface area (Å²) in [5, 5.41) is 11.5. The molecule has 2 aromatic heterocycles. The van der Waals surface area contributed by atoms with Crippen LogP contribution in [0.25, 0.3) is 22.2 Å². The van der Waals surface area contributed by atoms with E-state index in [1.54, 1.807) is 17.2 Å². The van der Waals surface area contributed by atoms with Crippen LogP contribution >= 0.6 is 0 Å². The summed E-state index contributed by atoms with van der Waals surface area (Å²) in [6.45, 7) is 1.10. The highest BCUT2D eigenvalue weighted by Crippen LogP contribution is 2.33. The minimum atomic E-state index is -0.0997. The third kappa shape index (κ3) is 2.83. The zero-order valence-electron chi connectivity index (χ0n) is 15.0. The Morgan fingerprint density at radius 1 is 1.11 bits per heavy atom. The van der Waals surface area contributed by atoms with Gasteiger partial charge in [-0.1, -0.05) is 30.3 Å². The minimum Gasteiger partial charge on any atom is -0.384 e. The number of nitrogen functional groups attached to an aromatic ring is 1. The molecule has 28 heavy (non-hydrogen) atoms. The Morgan fingerprint density at radius 3 is 2.79 bits per heavy atom. The molecular weight excluding hydrogens is 352 g/mol. The first-order valence-corrected chi connectivity index (χ1v) is 9.00. The molecule has 0 bridgehead atoms. The van der Waals surface area contributed by atoms with Gasteiger partial charge in [0.15, 0.2) is 0 Å². The molecule has 0 atom stereocenters. The number of carbonyl (C=O) groups is 1. The molecule has 3 heterocycles. The Balaban J connectivity index is 1.52. The third-order valence-electron chi connectivity index (χ3n) is 4.95. The summed E-state index contributed by atoms with van der Waals surface area (Å²) in [5.74, 6) is 0.452. The zero-order chi connectivity index (χ0) is 19.1. The number of carbonyl (C=O) groups excluding carboxylic acids is 1. The second kappa shape index (κ2) is 6.38. The van der Waals surface area contributed by atoms with Crippen molar-refractivity contribution in [3.63, 3.8) is 0 Å². The molecule has 4 aromatic rings. The molecule has 2 aromatic carbocycles. The van der Waals surface area contributed by atoms with Gasteiger partial charge in [0.1, 0.15) is 11.5 Å². The number of pyridine rings is 1. The van der Waals surface area contributed by atoms with Gasteiger partial charge < -0.3 is 16.0 Å². The SMILES string of the molecule is Nc1cc(-c2n[nH]c3cc4c(cc23)CN(Cc2ccccc2)C(=O)N4)ccn1. The van der Waals surface area contributed by atoms with Gasteiger partial charge in [-0.25, -0.2) is 9.78 Å². The van der Waals surface area contributed by atoms with E-state index in [9.17, 15) is 4.79 Å². The topological polar surface area (TPSA) is 99.9 Å². The average molecular weight is 370 g/mol. The molecule has 7 heteroatoms. The van der Waals surface area contributed by atoms with Crippen LogP contribution < -0.4 is 11.1 Å². The van der Waals surface area contributed by atoms with Crippen molar-refractivity contribution in [1.82, 2.24) is 20.1 Å². The zero-order valence-corrected chi connectivity index (χ0v) is 15.0. The molecule has 1 aliphatic rings. The Kier molecular flexibility index (Phi) is 3.72. The number of fused-ring (bicyclic) bond motifs is 2. The Labute approximate surface area is 161 Å². The Morgan fingerprint density at radius 2 is 1.96 bits per heavy atom. The summed E-state index contributed by atoms with van der Waals surface area (Å²) in [6, 6.07) is 17.6. The van der Waals surface area contributed by atoms with Gasteiger partial charge in [-0.2, -0.15) is 5.10 Å². The number of rotatable bonds is 3. The molecule has 0 aliphatic carbocycles. The first-order valence-electron chi connectivity index (χ1n) is 9.00. The third-order valence-corrected chi connectivity index (χ3v) is 4.95. The molecule has 4 N–H and O–H groups in total. The lowest BCUT2D eigenvalue weighted by atomic mass is 10.0. The van der Waals surface area contributed by atoms with E-state index in [0.717, 1.165) is 39.0 Å². The highest BCUT2D eigenvalue weighted by atomic mass is 16.2. The summed E-state index contributed by atoms with van der Waals surface area (Å²) in [6.07, 6.45) is 1.67. The van der Waals surface area contributed by atoms with Gasteiger partial charge in [-0.05, 0) is 35.4 Å². The van der Waals surface area contributed by atoms with Gasteiger partial charge in [-0.3, -0.25) is 5.10 Å². The highest BCUT2D eigenvalue weighted by Gasteiger charge is 2.24. The number of anilines is 2. The van der Waals surface area contributed by atoms with Crippen molar-refractivity contribution in [2.45, 2.75) is 13.1 Å². The van der Waals surface area contributed by atoms with E-state index in [-0.39, 0.29) is 6.03 Å². The van der Waals surface area contributed by atoms with Gasteiger partial charge in [0.25, 0.3) is 0 Å². The Hall–Kier alpha value is -3.87. The number of benzene rings is 2. The first-order chi connectivity index (χ1) is 13.7. The summed E-state index contributed by atoms with van der Waals surface area (Å²) in [4.78, 5) is 18.4. The average Bonchev–Trinajstić information content (AvgIpc) is 3.10. The Bertz CT molecular complexity index is 1180. The minimum absolute atomic E-state index is 0.0997. The van der Waals surface area contributed by atoms with Crippen LogP contribution in [0.3, 0.4) is 0 Å². The van der Waals surface area contributed by atoms with Crippen molar-refractivity contribution in [2.75, 3.05) is 11.1 Å². The van der Waals surface area contributed by atoms with Crippen LogP contribution in [0.1, 0.15) is 11.1 Å². The number of amides is 2. The first kappa shape index (κ1) is 16.3. The lowest BCUT2D eigenvalue weighted by molar-refractivity contribution is 0.204. The molecule has 0 fully saturated rings. The van der Waals surface area contributed by atoms with Gasteiger partial charge in [0, 0.05) is 35.9 Å². The number of nitrogens with two attached hydrogens (primary N) is 1. The number of hydrogen-bond donors (Lipinski definition) is 3. The summed E-state index contributed by atoms with van der Waals surface area (Å²) in [7, 11) is 0. The molecular formula is C21H18N6O. The largest absolute Gasteiger partial charge is 0.384 e. The van der Waals surface area contributed by atoms with Crippen LogP contribution in [0.15, 0.2) is 60.8 Å². The van der Waals surface area contributed by atoms with E-state index >= 15 is 0 Å². The molecule has 2 amide bonds. The fourth-order valence-corrected chi connectivity index (χ4v) is 3.58. The number of hydrogen-bond acceptors (Lipinski definition) is 4. The van der Waals surface area contributed by atoms with Crippen molar-refractivity contribution < 1.29 is 4.79 Å². The molecule has 0 radical (unpaired) electrons. The molecule has 0 unspecified atom stereocenters. The predicted molar refractivity (Wildman–Crippen MR) is 108 cm³/mol. The molecule has 0 spiro atoms. The molecule has 138 valence electrons. The van der Waals surface area contributed by atoms with Gasteiger partial charge in [-0.15, -0.1) is 0 Å². The number of aromatic amines is 1. The van der Waals surface area contributed by atoms with Gasteiger partial charge >= 0.3 is 6.03 Å². The normalized spacial score (nSPS) is 13.4. The fraction of sp³-hybridized carbons (Fsp3) is 0.0952. The van der Waals surface area contributed by atoms with Crippen molar-refractivity contribution >= 4 is 28.4 Å². The van der Waals surface area contributed by atoms with Gasteiger partial charge in [0.2, 0.25) is 0 Å². The van der Waals surface area contributed by atoms with E-state index < -0.39 is 0 Å². The summed E-state index contributed by atoms with van der Waals surface area (Å²) in [5.41, 5.74) is 11.4. The maximum absolute atomic E-state index is 12.5. The van der Waals surface area contributed by atoms with E-state index in [2.05, 4.69) is 26.6 Å². The highest BCUT2D eigenvalue weighted by molar-refractivity contribution is 6.00. The molecule has 0 saturated carbocycles. The van der Waals surface area contributed by atoms with Crippen LogP contribution in [0.2, 0.25) is 0 Å². The molecule has 1 aliphatic heterocycles. The van der Waals surface area contributed by atoms with Crippen LogP contribution in [0, 0.1) is 0 Å². The van der Waals surface area contributed by atoms with E-state index in [1.165, 1.54) is 0 Å². The number of urea groups is 1. The smallest absolute Gasteiger partial charge is 0.322 e. The standard InChI is InChI=1S/C21H18N6O/c22-19-9-14(6-7-23-19)20-16-8-15-12-27(11-13-4-2-1-3-5-13)21(28)24-17(15)10-18(16)25-26-20/h1-10H,11-12H2,(H2,22,23)(H,24,28)(H,25,26). The summed E-state index contributed by atoms with van der Waals surface area (Å²) < 4.78 is 0. The number of nitrogens with zero attached hydrogens (tertiary/aromatic N) is 3. The fourth-order valence-electron chi connectivity index (χ4n) is 3.58. The van der Waals surface area contributed by atoms with Crippen LogP contribution in [-0.4, -0.2) is 26.1 Å². The van der Waals surface area contributed by atoms with Crippen LogP contribution in [0.5, 0.6) is 0 Å². The monoisotopic (exact) mass is 370 g/mol. The lowest BCUT2D eigenvalue weighted by Crippen LogP contribution is -2.38. The lowest BCUT2D eigenvalue weighted by Gasteiger charge is -2.29. The molecule has 7 nitrogen and oxygen atoms in total. The number of nitrogens with one attached hydrogen (secondary N) is 2. The van der Waals surface area contributed by atoms with Crippen LogP contribution in [0.4, 0.5) is 16.3 Å². The maximum Gasteiger partial charge on any atom is 0.322 e. The van der Waals surface area contributed by atoms with Gasteiger partial charge in [0.05, 0.1) is 5.52 Å². The quantitative estimate of drug-likeness (QED) is 0.511.